The van der Waals surface area contributed by atoms with Gasteiger partial charge in [-0.3, -0.25) is 4.79 Å². The van der Waals surface area contributed by atoms with Crippen LogP contribution < -0.4 is 5.73 Å². The number of carbonyl (C=O) groups excluding carboxylic acids is 1. The first kappa shape index (κ1) is 16.7. The lowest BCUT2D eigenvalue weighted by Gasteiger charge is -2.08. The van der Waals surface area contributed by atoms with Crippen molar-refractivity contribution in [3.05, 3.63) is 0 Å². The third kappa shape index (κ3) is 8.45. The van der Waals surface area contributed by atoms with Crippen molar-refractivity contribution in [2.24, 2.45) is 5.73 Å². The fourth-order valence-electron chi connectivity index (χ4n) is 1.18. The minimum absolute atomic E-state index is 0.193. The van der Waals surface area contributed by atoms with Gasteiger partial charge in [0.2, 0.25) is 0 Å². The van der Waals surface area contributed by atoms with E-state index < -0.39 is 21.8 Å². The summed E-state index contributed by atoms with van der Waals surface area (Å²) < 4.78 is 27.2. The summed E-state index contributed by atoms with van der Waals surface area (Å²) in [6.45, 7) is 1.85. The molecule has 102 valence electrons. The number of thioether (sulfide) groups is 1. The van der Waals surface area contributed by atoms with Gasteiger partial charge >= 0.3 is 5.97 Å². The quantitative estimate of drug-likeness (QED) is 0.488. The summed E-state index contributed by atoms with van der Waals surface area (Å²) in [5.74, 6) is 1.23. The zero-order valence-corrected chi connectivity index (χ0v) is 12.0. The lowest BCUT2D eigenvalue weighted by molar-refractivity contribution is -0.142. The molecule has 2 N–H and O–H groups in total. The predicted molar refractivity (Wildman–Crippen MR) is 70.9 cm³/mol. The summed E-state index contributed by atoms with van der Waals surface area (Å²) in [4.78, 5) is 11.0. The number of carbonyl (C=O) groups is 1. The van der Waals surface area contributed by atoms with Gasteiger partial charge in [0, 0.05) is 11.5 Å². The van der Waals surface area contributed by atoms with Crippen LogP contribution in [0.5, 0.6) is 0 Å². The number of rotatable bonds is 9. The Morgan fingerprint density at radius 2 is 2.00 bits per heavy atom. The minimum Gasteiger partial charge on any atom is -0.468 e. The van der Waals surface area contributed by atoms with E-state index in [1.807, 2.05) is 6.92 Å². The predicted octanol–water partition coefficient (Wildman–Crippen LogP) is 0.435. The van der Waals surface area contributed by atoms with Gasteiger partial charge in [-0.1, -0.05) is 6.92 Å². The van der Waals surface area contributed by atoms with E-state index in [1.54, 1.807) is 0 Å². The Hall–Kier alpha value is -0.270. The smallest absolute Gasteiger partial charge is 0.322 e. The average molecular weight is 283 g/mol. The summed E-state index contributed by atoms with van der Waals surface area (Å²) in [7, 11) is -1.60. The Balaban J connectivity index is 3.63. The number of sulfone groups is 1. The van der Waals surface area contributed by atoms with Crippen LogP contribution in [-0.4, -0.2) is 50.6 Å². The molecule has 1 unspecified atom stereocenters. The van der Waals surface area contributed by atoms with E-state index in [1.165, 1.54) is 18.9 Å². The minimum atomic E-state index is -2.90. The zero-order chi connectivity index (χ0) is 13.3. The van der Waals surface area contributed by atoms with Crippen LogP contribution in [0.1, 0.15) is 19.8 Å². The van der Waals surface area contributed by atoms with Gasteiger partial charge in [-0.05, 0) is 18.6 Å². The Morgan fingerprint density at radius 1 is 1.35 bits per heavy atom. The van der Waals surface area contributed by atoms with E-state index in [-0.39, 0.29) is 11.5 Å². The molecule has 0 aromatic rings. The first-order chi connectivity index (χ1) is 7.93. The monoisotopic (exact) mass is 283 g/mol. The molecule has 0 rings (SSSR count). The van der Waals surface area contributed by atoms with Gasteiger partial charge in [0.15, 0.2) is 9.84 Å². The molecule has 0 radical (unpaired) electrons. The molecular weight excluding hydrogens is 262 g/mol. The molecule has 0 aliphatic heterocycles. The molecule has 0 aromatic heterocycles. The molecular formula is C10H21NO4S2. The Labute approximate surface area is 107 Å². The Morgan fingerprint density at radius 3 is 2.53 bits per heavy atom. The molecule has 5 nitrogen and oxygen atoms in total. The molecule has 1 atom stereocenters. The van der Waals surface area contributed by atoms with Crippen LogP contribution in [0.3, 0.4) is 0 Å². The second kappa shape index (κ2) is 8.77. The highest BCUT2D eigenvalue weighted by atomic mass is 32.2. The molecule has 0 saturated heterocycles. The van der Waals surface area contributed by atoms with Gasteiger partial charge in [-0.25, -0.2) is 8.42 Å². The van der Waals surface area contributed by atoms with Crippen molar-refractivity contribution in [3.8, 4) is 0 Å². The summed E-state index contributed by atoms with van der Waals surface area (Å²) in [5.41, 5.74) is 5.54. The molecule has 0 spiro atoms. The van der Waals surface area contributed by atoms with Gasteiger partial charge in [0.1, 0.15) is 6.04 Å². The number of hydrogen-bond donors (Lipinski definition) is 1. The highest BCUT2D eigenvalue weighted by Crippen LogP contribution is 2.07. The van der Waals surface area contributed by atoms with Crippen molar-refractivity contribution in [3.63, 3.8) is 0 Å². The van der Waals surface area contributed by atoms with Crippen LogP contribution in [0.4, 0.5) is 0 Å². The molecule has 0 aliphatic rings. The molecule has 0 saturated carbocycles. The van der Waals surface area contributed by atoms with Gasteiger partial charge in [0.05, 0.1) is 12.9 Å². The third-order valence-electron chi connectivity index (χ3n) is 2.13. The van der Waals surface area contributed by atoms with Crippen molar-refractivity contribution < 1.29 is 17.9 Å². The van der Waals surface area contributed by atoms with E-state index in [0.717, 1.165) is 0 Å². The first-order valence-electron chi connectivity index (χ1n) is 5.54. The lowest BCUT2D eigenvalue weighted by atomic mass is 10.2. The van der Waals surface area contributed by atoms with E-state index in [2.05, 4.69) is 4.74 Å². The Bertz CT molecular complexity index is 316. The van der Waals surface area contributed by atoms with Gasteiger partial charge in [-0.2, -0.15) is 11.8 Å². The molecule has 0 fully saturated rings. The van der Waals surface area contributed by atoms with Crippen LogP contribution in [-0.2, 0) is 19.4 Å². The van der Waals surface area contributed by atoms with Gasteiger partial charge < -0.3 is 10.5 Å². The highest BCUT2D eigenvalue weighted by molar-refractivity contribution is 8.00. The van der Waals surface area contributed by atoms with E-state index in [4.69, 9.17) is 5.73 Å². The standard InChI is InChI=1S/C10H21NO4S2/c1-3-7-17(13,14)8-6-16-5-4-9(11)10(12)15-2/h9H,3-8,11H2,1-2H3. The molecule has 0 heterocycles. The number of hydrogen-bond acceptors (Lipinski definition) is 6. The maximum Gasteiger partial charge on any atom is 0.322 e. The molecule has 0 aliphatic carbocycles. The maximum atomic E-state index is 11.4. The van der Waals surface area contributed by atoms with Gasteiger partial charge in [-0.15, -0.1) is 0 Å². The van der Waals surface area contributed by atoms with E-state index >= 15 is 0 Å². The van der Waals surface area contributed by atoms with Crippen molar-refractivity contribution in [2.45, 2.75) is 25.8 Å². The molecule has 17 heavy (non-hydrogen) atoms. The number of esters is 1. The number of nitrogens with two attached hydrogens (primary N) is 1. The van der Waals surface area contributed by atoms with Crippen molar-refractivity contribution >= 4 is 27.6 Å². The molecule has 7 heteroatoms. The molecule has 0 aromatic carbocycles. The number of ether oxygens (including phenoxy) is 1. The summed E-state index contributed by atoms with van der Waals surface area (Å²) in [5, 5.41) is 0. The first-order valence-corrected chi connectivity index (χ1v) is 8.52. The van der Waals surface area contributed by atoms with E-state index in [9.17, 15) is 13.2 Å². The third-order valence-corrected chi connectivity index (χ3v) is 5.26. The summed E-state index contributed by atoms with van der Waals surface area (Å²) >= 11 is 1.50. The number of methoxy groups -OCH3 is 1. The van der Waals surface area contributed by atoms with Crippen molar-refractivity contribution in [1.82, 2.24) is 0 Å². The largest absolute Gasteiger partial charge is 0.468 e. The SMILES string of the molecule is CCCS(=O)(=O)CCSCCC(N)C(=O)OC. The average Bonchev–Trinajstić information content (AvgIpc) is 2.26. The van der Waals surface area contributed by atoms with E-state index in [0.29, 0.717) is 24.3 Å². The van der Waals surface area contributed by atoms with Crippen LogP contribution in [0.15, 0.2) is 0 Å². The van der Waals surface area contributed by atoms with Crippen LogP contribution in [0.25, 0.3) is 0 Å². The summed E-state index contributed by atoms with van der Waals surface area (Å²) in [6.07, 6.45) is 1.16. The topological polar surface area (TPSA) is 86.5 Å². The fraction of sp³-hybridized carbons (Fsp3) is 0.900. The Kier molecular flexibility index (Phi) is 8.63. The maximum absolute atomic E-state index is 11.4. The summed E-state index contributed by atoms with van der Waals surface area (Å²) in [6, 6.07) is -0.611. The fourth-order valence-corrected chi connectivity index (χ4v) is 4.12. The zero-order valence-electron chi connectivity index (χ0n) is 10.3. The van der Waals surface area contributed by atoms with Crippen molar-refractivity contribution in [1.29, 1.82) is 0 Å². The van der Waals surface area contributed by atoms with Crippen molar-refractivity contribution in [2.75, 3.05) is 30.1 Å². The second-order valence-electron chi connectivity index (χ2n) is 3.68. The lowest BCUT2D eigenvalue weighted by Crippen LogP contribution is -2.32. The van der Waals surface area contributed by atoms with Crippen LogP contribution >= 0.6 is 11.8 Å². The highest BCUT2D eigenvalue weighted by Gasteiger charge is 2.13. The van der Waals surface area contributed by atoms with Crippen LogP contribution in [0, 0.1) is 0 Å². The normalized spacial score (nSPS) is 13.4. The van der Waals surface area contributed by atoms with Crippen LogP contribution in [0.2, 0.25) is 0 Å². The molecule has 0 bridgehead atoms. The molecule has 0 amide bonds. The van der Waals surface area contributed by atoms with Gasteiger partial charge in [0.25, 0.3) is 0 Å². The second-order valence-corrected chi connectivity index (χ2v) is 7.21.